The minimum absolute atomic E-state index is 0.180. The van der Waals surface area contributed by atoms with Crippen molar-refractivity contribution in [3.63, 3.8) is 0 Å². The lowest BCUT2D eigenvalue weighted by molar-refractivity contribution is -0.122. The number of rotatable bonds is 3. The molecule has 5 nitrogen and oxygen atoms in total. The molecule has 18 heavy (non-hydrogen) atoms. The third-order valence-electron chi connectivity index (χ3n) is 2.98. The molecular formula is C13H16N2O3. The molecule has 0 aliphatic heterocycles. The largest absolute Gasteiger partial charge is 0.469 e. The molecule has 1 aliphatic carbocycles. The topological polar surface area (TPSA) is 71.3 Å². The zero-order chi connectivity index (χ0) is 13.0. The quantitative estimate of drug-likeness (QED) is 0.631. The van der Waals surface area contributed by atoms with Crippen molar-refractivity contribution in [2.24, 2.45) is 5.92 Å². The Morgan fingerprint density at radius 3 is 2.89 bits per heavy atom. The Hall–Kier alpha value is -2.04. The number of amides is 2. The highest BCUT2D eigenvalue weighted by molar-refractivity contribution is 5.96. The van der Waals surface area contributed by atoms with Gasteiger partial charge in [-0.2, -0.15) is 0 Å². The van der Waals surface area contributed by atoms with Gasteiger partial charge in [0.25, 0.3) is 5.91 Å². The monoisotopic (exact) mass is 248 g/mol. The first-order valence-electron chi connectivity index (χ1n) is 5.97. The molecule has 2 amide bonds. The minimum atomic E-state index is -0.364. The second-order valence-corrected chi connectivity index (χ2v) is 4.36. The maximum absolute atomic E-state index is 11.7. The summed E-state index contributed by atoms with van der Waals surface area (Å²) in [6.45, 7) is 1.69. The Morgan fingerprint density at radius 1 is 1.44 bits per heavy atom. The molecular weight excluding hydrogens is 232 g/mol. The van der Waals surface area contributed by atoms with Gasteiger partial charge in [-0.3, -0.25) is 20.4 Å². The van der Waals surface area contributed by atoms with Gasteiger partial charge in [0.1, 0.15) is 5.76 Å². The highest BCUT2D eigenvalue weighted by atomic mass is 16.3. The molecule has 1 aliphatic rings. The van der Waals surface area contributed by atoms with Crippen LogP contribution < -0.4 is 10.9 Å². The number of hydrogen-bond acceptors (Lipinski definition) is 3. The second-order valence-electron chi connectivity index (χ2n) is 4.36. The molecule has 2 N–H and O–H groups in total. The van der Waals surface area contributed by atoms with Crippen LogP contribution in [-0.4, -0.2) is 11.8 Å². The van der Waals surface area contributed by atoms with E-state index in [0.717, 1.165) is 12.8 Å². The third kappa shape index (κ3) is 3.00. The highest BCUT2D eigenvalue weighted by Crippen LogP contribution is 2.19. The maximum Gasteiger partial charge on any atom is 0.273 e. The Labute approximate surface area is 105 Å². The van der Waals surface area contributed by atoms with Crippen molar-refractivity contribution in [3.8, 4) is 0 Å². The van der Waals surface area contributed by atoms with Crippen LogP contribution in [0.25, 0.3) is 0 Å². The van der Waals surface area contributed by atoms with Crippen molar-refractivity contribution < 1.29 is 14.0 Å². The molecule has 2 rings (SSSR count). The van der Waals surface area contributed by atoms with Crippen molar-refractivity contribution >= 4 is 11.8 Å². The average Bonchev–Trinajstić information content (AvgIpc) is 2.97. The summed E-state index contributed by atoms with van der Waals surface area (Å²) in [5, 5.41) is 0. The van der Waals surface area contributed by atoms with E-state index in [4.69, 9.17) is 4.42 Å². The molecule has 0 bridgehead atoms. The van der Waals surface area contributed by atoms with Gasteiger partial charge in [0.05, 0.1) is 11.8 Å². The van der Waals surface area contributed by atoms with Crippen LogP contribution in [0.1, 0.15) is 35.4 Å². The molecule has 0 aromatic carbocycles. The molecule has 1 aromatic rings. The van der Waals surface area contributed by atoms with E-state index in [0.29, 0.717) is 17.7 Å². The summed E-state index contributed by atoms with van der Waals surface area (Å²) in [4.78, 5) is 23.2. The van der Waals surface area contributed by atoms with E-state index < -0.39 is 0 Å². The van der Waals surface area contributed by atoms with Gasteiger partial charge in [0.15, 0.2) is 0 Å². The molecule has 0 radical (unpaired) electrons. The predicted octanol–water partition coefficient (Wildman–Crippen LogP) is 1.71. The van der Waals surface area contributed by atoms with Crippen molar-refractivity contribution in [1.29, 1.82) is 0 Å². The van der Waals surface area contributed by atoms with Crippen molar-refractivity contribution in [2.75, 3.05) is 0 Å². The number of carbonyl (C=O) groups excluding carboxylic acids is 2. The smallest absolute Gasteiger partial charge is 0.273 e. The average molecular weight is 248 g/mol. The molecule has 1 atom stereocenters. The molecule has 0 unspecified atom stereocenters. The maximum atomic E-state index is 11.7. The zero-order valence-electron chi connectivity index (χ0n) is 10.2. The van der Waals surface area contributed by atoms with Crippen molar-refractivity contribution in [3.05, 3.63) is 35.8 Å². The van der Waals surface area contributed by atoms with E-state index in [1.165, 1.54) is 6.26 Å². The summed E-state index contributed by atoms with van der Waals surface area (Å²) in [5.41, 5.74) is 5.21. The minimum Gasteiger partial charge on any atom is -0.469 e. The van der Waals surface area contributed by atoms with Gasteiger partial charge in [-0.05, 0) is 31.7 Å². The summed E-state index contributed by atoms with van der Waals surface area (Å²) < 4.78 is 5.02. The van der Waals surface area contributed by atoms with Gasteiger partial charge < -0.3 is 4.42 Å². The zero-order valence-corrected chi connectivity index (χ0v) is 10.2. The lowest BCUT2D eigenvalue weighted by Gasteiger charge is -2.09. The first kappa shape index (κ1) is 12.4. The third-order valence-corrected chi connectivity index (χ3v) is 2.98. The predicted molar refractivity (Wildman–Crippen MR) is 65.5 cm³/mol. The van der Waals surface area contributed by atoms with E-state index >= 15 is 0 Å². The van der Waals surface area contributed by atoms with Crippen LogP contribution in [0.5, 0.6) is 0 Å². The highest BCUT2D eigenvalue weighted by Gasteiger charge is 2.15. The van der Waals surface area contributed by atoms with E-state index in [9.17, 15) is 9.59 Å². The summed E-state index contributed by atoms with van der Waals surface area (Å²) in [7, 11) is 0. The lowest BCUT2D eigenvalue weighted by Crippen LogP contribution is -2.42. The fourth-order valence-corrected chi connectivity index (χ4v) is 1.97. The van der Waals surface area contributed by atoms with Crippen molar-refractivity contribution in [2.45, 2.75) is 26.2 Å². The number of nitrogens with one attached hydrogen (secondary N) is 2. The lowest BCUT2D eigenvalue weighted by atomic mass is 10.1. The van der Waals surface area contributed by atoms with E-state index in [-0.39, 0.29) is 17.7 Å². The van der Waals surface area contributed by atoms with E-state index in [2.05, 4.69) is 16.9 Å². The number of hydrogen-bond donors (Lipinski definition) is 2. The standard InChI is InChI=1S/C13H16N2O3/c1-9-11(6-7-18-9)13(17)15-14-12(16)8-10-4-2-3-5-10/h2,4,6-7,10H,3,5,8H2,1H3,(H,14,16)(H,15,17)/t10-/m0/s1. The molecule has 0 spiro atoms. The van der Waals surface area contributed by atoms with Crippen LogP contribution in [0, 0.1) is 12.8 Å². The molecule has 1 aromatic heterocycles. The second kappa shape index (κ2) is 5.53. The number of hydrazine groups is 1. The van der Waals surface area contributed by atoms with Gasteiger partial charge in [-0.25, -0.2) is 0 Å². The van der Waals surface area contributed by atoms with Crippen molar-refractivity contribution in [1.82, 2.24) is 10.9 Å². The fourth-order valence-electron chi connectivity index (χ4n) is 1.97. The van der Waals surface area contributed by atoms with Crippen LogP contribution in [-0.2, 0) is 4.79 Å². The van der Waals surface area contributed by atoms with Gasteiger partial charge in [0, 0.05) is 6.42 Å². The molecule has 96 valence electrons. The van der Waals surface area contributed by atoms with E-state index in [1.807, 2.05) is 6.08 Å². The Morgan fingerprint density at radius 2 is 2.28 bits per heavy atom. The molecule has 1 heterocycles. The first-order valence-corrected chi connectivity index (χ1v) is 5.97. The Balaban J connectivity index is 1.77. The summed E-state index contributed by atoms with van der Waals surface area (Å²) >= 11 is 0. The molecule has 0 saturated heterocycles. The number of aryl methyl sites for hydroxylation is 1. The number of allylic oxidation sites excluding steroid dienone is 2. The molecule has 0 saturated carbocycles. The van der Waals surface area contributed by atoms with Crippen LogP contribution in [0.15, 0.2) is 28.9 Å². The first-order chi connectivity index (χ1) is 8.66. The van der Waals surface area contributed by atoms with Crippen LogP contribution in [0.3, 0.4) is 0 Å². The summed E-state index contributed by atoms with van der Waals surface area (Å²) in [6.07, 6.45) is 7.99. The number of carbonyl (C=O) groups is 2. The van der Waals surface area contributed by atoms with Crippen LogP contribution >= 0.6 is 0 Å². The van der Waals surface area contributed by atoms with Crippen LogP contribution in [0.2, 0.25) is 0 Å². The fraction of sp³-hybridized carbons (Fsp3) is 0.385. The van der Waals surface area contributed by atoms with Gasteiger partial charge in [-0.15, -0.1) is 0 Å². The normalized spacial score (nSPS) is 17.7. The Bertz CT molecular complexity index is 476. The Kier molecular flexibility index (Phi) is 3.82. The van der Waals surface area contributed by atoms with Gasteiger partial charge >= 0.3 is 0 Å². The van der Waals surface area contributed by atoms with Gasteiger partial charge in [0.2, 0.25) is 5.91 Å². The molecule has 0 fully saturated rings. The number of furan rings is 1. The summed E-state index contributed by atoms with van der Waals surface area (Å²) in [6, 6.07) is 1.57. The van der Waals surface area contributed by atoms with Crippen LogP contribution in [0.4, 0.5) is 0 Å². The van der Waals surface area contributed by atoms with E-state index in [1.54, 1.807) is 13.0 Å². The SMILES string of the molecule is Cc1occc1C(=O)NNC(=O)C[C@H]1C=CCC1. The molecule has 5 heteroatoms. The summed E-state index contributed by atoms with van der Waals surface area (Å²) in [5.74, 6) is 0.274. The van der Waals surface area contributed by atoms with Gasteiger partial charge in [-0.1, -0.05) is 12.2 Å².